The highest BCUT2D eigenvalue weighted by Gasteiger charge is 2.39. The first-order valence-corrected chi connectivity index (χ1v) is 12.2. The lowest BCUT2D eigenvalue weighted by Crippen LogP contribution is -2.45. The zero-order valence-corrected chi connectivity index (χ0v) is 19.7. The van der Waals surface area contributed by atoms with E-state index in [1.807, 2.05) is 30.1 Å². The largest absolute Gasteiger partial charge is 0.341 e. The first-order valence-electron chi connectivity index (χ1n) is 12.2. The molecule has 1 saturated carbocycles. The number of likely N-dealkylation sites (N-methyl/N-ethyl adjacent to an activating group) is 1. The zero-order chi connectivity index (χ0) is 22.5. The molecule has 10 heteroatoms. The van der Waals surface area contributed by atoms with E-state index in [0.29, 0.717) is 12.0 Å². The minimum atomic E-state index is 0.171. The highest BCUT2D eigenvalue weighted by Crippen LogP contribution is 2.43. The van der Waals surface area contributed by atoms with Gasteiger partial charge >= 0.3 is 0 Å². The molecule has 5 heterocycles. The van der Waals surface area contributed by atoms with Crippen LogP contribution < -0.4 is 9.80 Å². The van der Waals surface area contributed by atoms with Crippen LogP contribution >= 0.6 is 0 Å². The molecule has 1 aliphatic carbocycles. The molecule has 6 rings (SSSR count). The van der Waals surface area contributed by atoms with Crippen molar-refractivity contribution in [1.82, 2.24) is 39.2 Å². The first kappa shape index (κ1) is 20.6. The van der Waals surface area contributed by atoms with Crippen molar-refractivity contribution in [2.24, 2.45) is 0 Å². The highest BCUT2D eigenvalue weighted by atomic mass is 15.4. The number of aromatic nitrogens is 7. The molecule has 0 unspecified atom stereocenters. The number of imidazole rings is 1. The summed E-state index contributed by atoms with van der Waals surface area (Å²) in [7, 11) is 2.17. The third kappa shape index (κ3) is 3.30. The Hall–Kier alpha value is -3.01. The fourth-order valence-electron chi connectivity index (χ4n) is 5.67. The Kier molecular flexibility index (Phi) is 5.05. The lowest BCUT2D eigenvalue weighted by molar-refractivity contribution is 0.310. The predicted molar refractivity (Wildman–Crippen MR) is 126 cm³/mol. The van der Waals surface area contributed by atoms with E-state index >= 15 is 0 Å². The average molecular weight is 449 g/mol. The molecule has 2 aliphatic heterocycles. The molecule has 0 N–H and O–H groups in total. The van der Waals surface area contributed by atoms with Crippen molar-refractivity contribution in [1.29, 1.82) is 0 Å². The minimum Gasteiger partial charge on any atom is -0.341 e. The van der Waals surface area contributed by atoms with Gasteiger partial charge in [0.2, 0.25) is 11.9 Å². The Labute approximate surface area is 194 Å². The van der Waals surface area contributed by atoms with Crippen molar-refractivity contribution >= 4 is 11.8 Å². The topological polar surface area (TPSA) is 84.0 Å². The fourth-order valence-corrected chi connectivity index (χ4v) is 5.67. The van der Waals surface area contributed by atoms with E-state index in [4.69, 9.17) is 9.97 Å². The van der Waals surface area contributed by atoms with Gasteiger partial charge in [0.05, 0.1) is 12.2 Å². The molecule has 0 bridgehead atoms. The first-order chi connectivity index (χ1) is 16.2. The van der Waals surface area contributed by atoms with Crippen LogP contribution in [0.4, 0.5) is 11.8 Å². The quantitative estimate of drug-likeness (QED) is 0.602. The second-order valence-corrected chi connectivity index (χ2v) is 9.48. The van der Waals surface area contributed by atoms with Gasteiger partial charge in [0.1, 0.15) is 11.5 Å². The second-order valence-electron chi connectivity index (χ2n) is 9.48. The minimum absolute atomic E-state index is 0.171. The molecule has 1 saturated heterocycles. The van der Waals surface area contributed by atoms with E-state index in [9.17, 15) is 0 Å². The summed E-state index contributed by atoms with van der Waals surface area (Å²) in [6, 6.07) is 0.645. The van der Waals surface area contributed by atoms with Crippen LogP contribution in [-0.2, 0) is 0 Å². The molecule has 1 atom stereocenters. The van der Waals surface area contributed by atoms with E-state index in [-0.39, 0.29) is 6.04 Å². The van der Waals surface area contributed by atoms with Crippen molar-refractivity contribution in [2.45, 2.75) is 58.0 Å². The SMILES string of the molecule is CC[C@@H]1c2nnc(C)n2-c2cnc(-n3ccnc3N3CCN(C)CC3)nc2N1C1CCCC1. The Morgan fingerprint density at radius 2 is 1.82 bits per heavy atom. The molecule has 3 aliphatic rings. The standard InChI is InChI=1S/C23H32N10/c1-4-18-21-28-27-16(2)32(21)19-15-25-22(26-20(19)33(18)17-7-5-6-8-17)31-10-9-24-23(31)30-13-11-29(3)12-14-30/h9-10,15,17-18H,4-8,11-14H2,1-3H3/t18-/m1/s1. The number of rotatable bonds is 4. The van der Waals surface area contributed by atoms with Gasteiger partial charge in [0.15, 0.2) is 11.6 Å². The fraction of sp³-hybridized carbons (Fsp3) is 0.609. The van der Waals surface area contributed by atoms with E-state index in [2.05, 4.69) is 48.4 Å². The Bertz CT molecular complexity index is 1140. The summed E-state index contributed by atoms with van der Waals surface area (Å²) in [5, 5.41) is 8.99. The van der Waals surface area contributed by atoms with Crippen LogP contribution in [0.1, 0.15) is 56.7 Å². The van der Waals surface area contributed by atoms with Crippen molar-refractivity contribution in [3.8, 4) is 11.6 Å². The van der Waals surface area contributed by atoms with Gasteiger partial charge in [-0.15, -0.1) is 10.2 Å². The molecule has 174 valence electrons. The van der Waals surface area contributed by atoms with Gasteiger partial charge in [-0.25, -0.2) is 9.97 Å². The summed E-state index contributed by atoms with van der Waals surface area (Å²) in [6.45, 7) is 8.20. The van der Waals surface area contributed by atoms with Crippen molar-refractivity contribution in [3.05, 3.63) is 30.2 Å². The Morgan fingerprint density at radius 1 is 1.03 bits per heavy atom. The molecule has 0 amide bonds. The van der Waals surface area contributed by atoms with Crippen molar-refractivity contribution < 1.29 is 0 Å². The van der Waals surface area contributed by atoms with Crippen molar-refractivity contribution in [2.75, 3.05) is 43.0 Å². The summed E-state index contributed by atoms with van der Waals surface area (Å²) < 4.78 is 4.18. The van der Waals surface area contributed by atoms with Gasteiger partial charge in [-0.2, -0.15) is 4.98 Å². The predicted octanol–water partition coefficient (Wildman–Crippen LogP) is 2.52. The van der Waals surface area contributed by atoms with Gasteiger partial charge in [0, 0.05) is 44.6 Å². The summed E-state index contributed by atoms with van der Waals surface area (Å²) in [5.74, 6) is 4.47. The number of piperazine rings is 1. The number of hydrogen-bond donors (Lipinski definition) is 0. The number of nitrogens with zero attached hydrogens (tertiary/aromatic N) is 10. The number of hydrogen-bond acceptors (Lipinski definition) is 8. The van der Waals surface area contributed by atoms with E-state index in [1.165, 1.54) is 25.7 Å². The molecule has 33 heavy (non-hydrogen) atoms. The maximum Gasteiger partial charge on any atom is 0.238 e. The van der Waals surface area contributed by atoms with Crippen LogP contribution in [0.15, 0.2) is 18.6 Å². The van der Waals surface area contributed by atoms with Crippen LogP contribution in [0.5, 0.6) is 0 Å². The van der Waals surface area contributed by atoms with Gasteiger partial charge in [0.25, 0.3) is 0 Å². The Balaban J connectivity index is 1.46. The molecular formula is C23H32N10. The third-order valence-electron chi connectivity index (χ3n) is 7.43. The van der Waals surface area contributed by atoms with Gasteiger partial charge in [-0.3, -0.25) is 9.13 Å². The maximum absolute atomic E-state index is 5.19. The highest BCUT2D eigenvalue weighted by molar-refractivity contribution is 5.63. The Morgan fingerprint density at radius 3 is 2.58 bits per heavy atom. The molecule has 0 spiro atoms. The molecule has 0 radical (unpaired) electrons. The second kappa shape index (κ2) is 8.09. The lowest BCUT2D eigenvalue weighted by Gasteiger charge is -2.41. The zero-order valence-electron chi connectivity index (χ0n) is 19.7. The van der Waals surface area contributed by atoms with Crippen molar-refractivity contribution in [3.63, 3.8) is 0 Å². The summed E-state index contributed by atoms with van der Waals surface area (Å²) in [5.41, 5.74) is 0.981. The third-order valence-corrected chi connectivity index (χ3v) is 7.43. The molecule has 3 aromatic heterocycles. The van der Waals surface area contributed by atoms with Crippen LogP contribution in [-0.4, -0.2) is 78.5 Å². The van der Waals surface area contributed by atoms with Crippen LogP contribution in [0.2, 0.25) is 0 Å². The average Bonchev–Trinajstić information content (AvgIpc) is 3.60. The number of anilines is 2. The van der Waals surface area contributed by atoms with E-state index in [0.717, 1.165) is 61.7 Å². The molecule has 0 aromatic carbocycles. The molecule has 10 nitrogen and oxygen atoms in total. The maximum atomic E-state index is 5.19. The van der Waals surface area contributed by atoms with Crippen LogP contribution in [0, 0.1) is 6.92 Å². The van der Waals surface area contributed by atoms with Gasteiger partial charge in [-0.05, 0) is 33.2 Å². The normalized spacial score (nSPS) is 21.5. The van der Waals surface area contributed by atoms with E-state index in [1.54, 1.807) is 0 Å². The molecular weight excluding hydrogens is 416 g/mol. The molecule has 3 aromatic rings. The lowest BCUT2D eigenvalue weighted by atomic mass is 10.0. The van der Waals surface area contributed by atoms with Gasteiger partial charge < -0.3 is 14.7 Å². The van der Waals surface area contributed by atoms with Crippen LogP contribution in [0.3, 0.4) is 0 Å². The smallest absolute Gasteiger partial charge is 0.238 e. The summed E-state index contributed by atoms with van der Waals surface area (Å²) in [4.78, 5) is 21.9. The number of aryl methyl sites for hydroxylation is 1. The van der Waals surface area contributed by atoms with E-state index < -0.39 is 0 Å². The van der Waals surface area contributed by atoms with Crippen LogP contribution in [0.25, 0.3) is 11.6 Å². The monoisotopic (exact) mass is 448 g/mol. The summed E-state index contributed by atoms with van der Waals surface area (Å²) >= 11 is 0. The molecule has 2 fully saturated rings. The number of fused-ring (bicyclic) bond motifs is 3. The summed E-state index contributed by atoms with van der Waals surface area (Å²) in [6.07, 6.45) is 11.7. The van der Waals surface area contributed by atoms with Gasteiger partial charge in [-0.1, -0.05) is 19.8 Å².